The Morgan fingerprint density at radius 2 is 2.06 bits per heavy atom. The van der Waals surface area contributed by atoms with Crippen molar-refractivity contribution in [1.29, 1.82) is 0 Å². The van der Waals surface area contributed by atoms with Crippen LogP contribution in [0.1, 0.15) is 56.3 Å². The third kappa shape index (κ3) is 3.29. The van der Waals surface area contributed by atoms with Crippen molar-refractivity contribution in [2.45, 2.75) is 52.0 Å². The summed E-state index contributed by atoms with van der Waals surface area (Å²) < 4.78 is 0. The van der Waals surface area contributed by atoms with Gasteiger partial charge in [0, 0.05) is 17.9 Å². The molecule has 94 valence electrons. The maximum Gasteiger partial charge on any atom is 0.0372 e. The van der Waals surface area contributed by atoms with Crippen molar-refractivity contribution in [3.05, 3.63) is 29.6 Å². The summed E-state index contributed by atoms with van der Waals surface area (Å²) in [6, 6.07) is 4.88. The van der Waals surface area contributed by atoms with Crippen LogP contribution in [0.5, 0.6) is 0 Å². The highest BCUT2D eigenvalue weighted by atomic mass is 14.9. The molecule has 2 nitrogen and oxygen atoms in total. The first-order valence-electron chi connectivity index (χ1n) is 6.97. The van der Waals surface area contributed by atoms with Crippen molar-refractivity contribution in [1.82, 2.24) is 10.3 Å². The summed E-state index contributed by atoms with van der Waals surface area (Å²) in [5, 5.41) is 3.65. The smallest absolute Gasteiger partial charge is 0.0372 e. The Balaban J connectivity index is 2.12. The quantitative estimate of drug-likeness (QED) is 0.857. The molecule has 1 aliphatic carbocycles. The Morgan fingerprint density at radius 3 is 2.65 bits per heavy atom. The van der Waals surface area contributed by atoms with Crippen LogP contribution in [0, 0.1) is 12.8 Å². The number of rotatable bonds is 4. The number of pyridine rings is 1. The van der Waals surface area contributed by atoms with E-state index in [1.165, 1.54) is 37.7 Å². The maximum absolute atomic E-state index is 4.44. The minimum atomic E-state index is 0.508. The van der Waals surface area contributed by atoms with Crippen molar-refractivity contribution in [3.8, 4) is 0 Å². The third-order valence-corrected chi connectivity index (χ3v) is 3.84. The van der Waals surface area contributed by atoms with E-state index in [0.717, 1.165) is 18.2 Å². The molecule has 0 aromatic carbocycles. The van der Waals surface area contributed by atoms with Gasteiger partial charge in [0.2, 0.25) is 0 Å². The lowest BCUT2D eigenvalue weighted by Crippen LogP contribution is -2.29. The monoisotopic (exact) mass is 232 g/mol. The van der Waals surface area contributed by atoms with Crippen LogP contribution < -0.4 is 5.32 Å². The van der Waals surface area contributed by atoms with E-state index < -0.39 is 0 Å². The predicted molar refractivity (Wildman–Crippen MR) is 72.0 cm³/mol. The standard InChI is InChI=1S/C15H24N2/c1-3-16-15(13-7-5-4-6-8-13)14-10-9-12(2)17-11-14/h9-11,13,15-16H,3-8H2,1-2H3. The molecule has 1 aromatic rings. The molecule has 1 unspecified atom stereocenters. The first kappa shape index (κ1) is 12.6. The Labute approximate surface area is 105 Å². The van der Waals surface area contributed by atoms with Crippen LogP contribution in [0.25, 0.3) is 0 Å². The van der Waals surface area contributed by atoms with Gasteiger partial charge in [0.1, 0.15) is 0 Å². The first-order valence-corrected chi connectivity index (χ1v) is 6.97. The number of aryl methyl sites for hydroxylation is 1. The van der Waals surface area contributed by atoms with Gasteiger partial charge in [0.05, 0.1) is 0 Å². The minimum absolute atomic E-state index is 0.508. The van der Waals surface area contributed by atoms with E-state index in [9.17, 15) is 0 Å². The van der Waals surface area contributed by atoms with E-state index in [0.29, 0.717) is 6.04 Å². The van der Waals surface area contributed by atoms with Gasteiger partial charge >= 0.3 is 0 Å². The maximum atomic E-state index is 4.44. The predicted octanol–water partition coefficient (Wildman–Crippen LogP) is 3.62. The van der Waals surface area contributed by atoms with Crippen LogP contribution in [0.3, 0.4) is 0 Å². The number of hydrogen-bond donors (Lipinski definition) is 1. The molecule has 2 rings (SSSR count). The molecular weight excluding hydrogens is 208 g/mol. The fourth-order valence-corrected chi connectivity index (χ4v) is 2.91. The van der Waals surface area contributed by atoms with Crippen LogP contribution in [-0.2, 0) is 0 Å². The average Bonchev–Trinajstić information content (AvgIpc) is 2.38. The highest BCUT2D eigenvalue weighted by Gasteiger charge is 2.24. The SMILES string of the molecule is CCNC(c1ccc(C)nc1)C1CCCCC1. The topological polar surface area (TPSA) is 24.9 Å². The second-order valence-electron chi connectivity index (χ2n) is 5.17. The van der Waals surface area contributed by atoms with Gasteiger partial charge < -0.3 is 5.32 Å². The van der Waals surface area contributed by atoms with Gasteiger partial charge in [-0.3, -0.25) is 4.98 Å². The molecule has 1 heterocycles. The molecule has 0 amide bonds. The average molecular weight is 232 g/mol. The zero-order chi connectivity index (χ0) is 12.1. The van der Waals surface area contributed by atoms with E-state index in [1.54, 1.807) is 0 Å². The van der Waals surface area contributed by atoms with Gasteiger partial charge in [-0.25, -0.2) is 0 Å². The number of nitrogens with zero attached hydrogens (tertiary/aromatic N) is 1. The normalized spacial score (nSPS) is 19.2. The lowest BCUT2D eigenvalue weighted by atomic mass is 9.81. The highest BCUT2D eigenvalue weighted by molar-refractivity contribution is 5.18. The van der Waals surface area contributed by atoms with Crippen LogP contribution >= 0.6 is 0 Å². The fourth-order valence-electron chi connectivity index (χ4n) is 2.91. The summed E-state index contributed by atoms with van der Waals surface area (Å²) in [6.07, 6.45) is 8.99. The van der Waals surface area contributed by atoms with Gasteiger partial charge in [-0.05, 0) is 43.9 Å². The molecule has 1 atom stereocenters. The summed E-state index contributed by atoms with van der Waals surface area (Å²) in [6.45, 7) is 5.28. The number of aromatic nitrogens is 1. The molecule has 0 aliphatic heterocycles. The van der Waals surface area contributed by atoms with E-state index in [-0.39, 0.29) is 0 Å². The van der Waals surface area contributed by atoms with E-state index in [2.05, 4.69) is 35.6 Å². The van der Waals surface area contributed by atoms with Gasteiger partial charge in [-0.1, -0.05) is 32.3 Å². The Hall–Kier alpha value is -0.890. The number of nitrogens with one attached hydrogen (secondary N) is 1. The summed E-state index contributed by atoms with van der Waals surface area (Å²) in [7, 11) is 0. The summed E-state index contributed by atoms with van der Waals surface area (Å²) >= 11 is 0. The fraction of sp³-hybridized carbons (Fsp3) is 0.667. The first-order chi connectivity index (χ1) is 8.31. The van der Waals surface area contributed by atoms with Crippen LogP contribution in [0.4, 0.5) is 0 Å². The molecule has 1 aromatic heterocycles. The Kier molecular flexibility index (Phi) is 4.55. The van der Waals surface area contributed by atoms with E-state index in [4.69, 9.17) is 0 Å². The molecule has 1 aliphatic rings. The van der Waals surface area contributed by atoms with Crippen molar-refractivity contribution < 1.29 is 0 Å². The molecule has 1 N–H and O–H groups in total. The van der Waals surface area contributed by atoms with Gasteiger partial charge in [-0.15, -0.1) is 0 Å². The highest BCUT2D eigenvalue weighted by Crippen LogP contribution is 2.34. The van der Waals surface area contributed by atoms with Gasteiger partial charge in [-0.2, -0.15) is 0 Å². The lowest BCUT2D eigenvalue weighted by Gasteiger charge is -2.31. The second-order valence-corrected chi connectivity index (χ2v) is 5.17. The van der Waals surface area contributed by atoms with Crippen molar-refractivity contribution in [2.24, 2.45) is 5.92 Å². The lowest BCUT2D eigenvalue weighted by molar-refractivity contribution is 0.274. The van der Waals surface area contributed by atoms with Gasteiger partial charge in [0.25, 0.3) is 0 Å². The summed E-state index contributed by atoms with van der Waals surface area (Å²) in [4.78, 5) is 4.44. The minimum Gasteiger partial charge on any atom is -0.310 e. The second kappa shape index (κ2) is 6.15. The molecule has 0 spiro atoms. The molecule has 0 bridgehead atoms. The third-order valence-electron chi connectivity index (χ3n) is 3.84. The van der Waals surface area contributed by atoms with Crippen LogP contribution in [0.2, 0.25) is 0 Å². The molecule has 1 saturated carbocycles. The van der Waals surface area contributed by atoms with Gasteiger partial charge in [0.15, 0.2) is 0 Å². The summed E-state index contributed by atoms with van der Waals surface area (Å²) in [5.41, 5.74) is 2.47. The van der Waals surface area contributed by atoms with Crippen molar-refractivity contribution >= 4 is 0 Å². The van der Waals surface area contributed by atoms with Crippen molar-refractivity contribution in [3.63, 3.8) is 0 Å². The molecule has 1 fully saturated rings. The zero-order valence-corrected chi connectivity index (χ0v) is 11.1. The van der Waals surface area contributed by atoms with Crippen molar-refractivity contribution in [2.75, 3.05) is 6.54 Å². The molecule has 0 saturated heterocycles. The molecule has 2 heteroatoms. The molecule has 17 heavy (non-hydrogen) atoms. The van der Waals surface area contributed by atoms with E-state index in [1.807, 2.05) is 6.92 Å². The molecular formula is C15H24N2. The summed E-state index contributed by atoms with van der Waals surface area (Å²) in [5.74, 6) is 0.799. The van der Waals surface area contributed by atoms with E-state index >= 15 is 0 Å². The zero-order valence-electron chi connectivity index (χ0n) is 11.1. The largest absolute Gasteiger partial charge is 0.310 e. The Bertz CT molecular complexity index is 325. The Morgan fingerprint density at radius 1 is 1.29 bits per heavy atom. The number of hydrogen-bond acceptors (Lipinski definition) is 2. The van der Waals surface area contributed by atoms with Crippen LogP contribution in [0.15, 0.2) is 18.3 Å². The van der Waals surface area contributed by atoms with Crippen LogP contribution in [-0.4, -0.2) is 11.5 Å². The molecule has 0 radical (unpaired) electrons.